The lowest BCUT2D eigenvalue weighted by Gasteiger charge is -2.12. The Hall–Kier alpha value is -3.94. The van der Waals surface area contributed by atoms with E-state index in [4.69, 9.17) is 4.74 Å². The first-order valence-corrected chi connectivity index (χ1v) is 8.78. The quantitative estimate of drug-likeness (QED) is 0.511. The lowest BCUT2D eigenvalue weighted by atomic mass is 10.1. The molecule has 0 aliphatic heterocycles. The summed E-state index contributed by atoms with van der Waals surface area (Å²) < 4.78 is 6.63. The monoisotopic (exact) mass is 393 g/mol. The van der Waals surface area contributed by atoms with Crippen molar-refractivity contribution in [3.63, 3.8) is 0 Å². The highest BCUT2D eigenvalue weighted by atomic mass is 16.6. The van der Waals surface area contributed by atoms with E-state index in [1.807, 2.05) is 13.0 Å². The van der Waals surface area contributed by atoms with Gasteiger partial charge in [0, 0.05) is 18.3 Å². The number of hydrogen-bond donors (Lipinski definition) is 1. The first-order chi connectivity index (χ1) is 13.9. The van der Waals surface area contributed by atoms with Crippen LogP contribution in [0.25, 0.3) is 0 Å². The lowest BCUT2D eigenvalue weighted by molar-refractivity contribution is -0.384. The molecule has 8 nitrogen and oxygen atoms in total. The van der Waals surface area contributed by atoms with Crippen LogP contribution >= 0.6 is 0 Å². The molecule has 1 amide bonds. The van der Waals surface area contributed by atoms with Gasteiger partial charge in [-0.1, -0.05) is 18.2 Å². The Morgan fingerprint density at radius 2 is 1.90 bits per heavy atom. The van der Waals surface area contributed by atoms with Crippen molar-refractivity contribution >= 4 is 17.3 Å². The van der Waals surface area contributed by atoms with Crippen LogP contribution in [0.4, 0.5) is 11.4 Å². The fraction of sp³-hybridized carbons (Fsp3) is 0.143. The summed E-state index contributed by atoms with van der Waals surface area (Å²) in [7, 11) is 1.50. The van der Waals surface area contributed by atoms with Crippen molar-refractivity contribution in [3.8, 4) is 5.75 Å². The molecule has 1 aromatic heterocycles. The number of nitrogens with zero attached hydrogens (tertiary/aromatic N) is 2. The van der Waals surface area contributed by atoms with Gasteiger partial charge in [-0.3, -0.25) is 19.7 Å². The van der Waals surface area contributed by atoms with Crippen LogP contribution in [-0.2, 0) is 6.54 Å². The van der Waals surface area contributed by atoms with Crippen LogP contribution in [-0.4, -0.2) is 22.5 Å². The molecule has 0 spiro atoms. The number of nitro groups is 1. The second-order valence-corrected chi connectivity index (χ2v) is 6.44. The third-order valence-electron chi connectivity index (χ3n) is 4.37. The Kier molecular flexibility index (Phi) is 5.73. The van der Waals surface area contributed by atoms with E-state index in [2.05, 4.69) is 5.32 Å². The molecule has 0 bridgehead atoms. The highest BCUT2D eigenvalue weighted by Gasteiger charge is 2.15. The maximum absolute atomic E-state index is 12.8. The summed E-state index contributed by atoms with van der Waals surface area (Å²) in [5.74, 6) is -0.0527. The first-order valence-electron chi connectivity index (χ1n) is 8.78. The number of methoxy groups -OCH3 is 1. The van der Waals surface area contributed by atoms with E-state index in [-0.39, 0.29) is 17.8 Å². The molecule has 0 atom stereocenters. The molecule has 3 rings (SSSR count). The molecule has 0 radical (unpaired) electrons. The smallest absolute Gasteiger partial charge is 0.269 e. The predicted molar refractivity (Wildman–Crippen MR) is 109 cm³/mol. The van der Waals surface area contributed by atoms with Gasteiger partial charge in [0.05, 0.1) is 24.3 Å². The Bertz CT molecular complexity index is 1120. The summed E-state index contributed by atoms with van der Waals surface area (Å²) in [4.78, 5) is 35.7. The summed E-state index contributed by atoms with van der Waals surface area (Å²) in [6, 6.07) is 14.3. The molecule has 0 aliphatic rings. The molecule has 1 heterocycles. The van der Waals surface area contributed by atoms with Gasteiger partial charge in [-0.15, -0.1) is 0 Å². The summed E-state index contributed by atoms with van der Waals surface area (Å²) in [6.45, 7) is 2.07. The van der Waals surface area contributed by atoms with Gasteiger partial charge in [0.15, 0.2) is 0 Å². The number of carbonyl (C=O) groups is 1. The number of ether oxygens (including phenoxy) is 1. The molecule has 8 heteroatoms. The van der Waals surface area contributed by atoms with E-state index >= 15 is 0 Å². The van der Waals surface area contributed by atoms with Gasteiger partial charge in [-0.25, -0.2) is 0 Å². The minimum Gasteiger partial charge on any atom is -0.495 e. The highest BCUT2D eigenvalue weighted by Crippen LogP contribution is 2.25. The van der Waals surface area contributed by atoms with Crippen molar-refractivity contribution in [2.75, 3.05) is 12.4 Å². The van der Waals surface area contributed by atoms with Crippen LogP contribution in [0.1, 0.15) is 21.5 Å². The average molecular weight is 393 g/mol. The number of benzene rings is 2. The summed E-state index contributed by atoms with van der Waals surface area (Å²) in [6.07, 6.45) is 1.56. The van der Waals surface area contributed by atoms with Gasteiger partial charge in [-0.05, 0) is 42.3 Å². The number of aryl methyl sites for hydroxylation is 1. The van der Waals surface area contributed by atoms with Gasteiger partial charge >= 0.3 is 0 Å². The topological polar surface area (TPSA) is 103 Å². The van der Waals surface area contributed by atoms with Crippen LogP contribution in [0, 0.1) is 17.0 Å². The third-order valence-corrected chi connectivity index (χ3v) is 4.37. The molecule has 148 valence electrons. The van der Waals surface area contributed by atoms with Crippen molar-refractivity contribution < 1.29 is 14.5 Å². The SMILES string of the molecule is COc1ccc(C)cc1NC(=O)c1cccn(Cc2ccc([N+](=O)[O-])cc2)c1=O. The largest absolute Gasteiger partial charge is 0.495 e. The van der Waals surface area contributed by atoms with Crippen LogP contribution in [0.15, 0.2) is 65.6 Å². The molecule has 2 aromatic carbocycles. The Morgan fingerprint density at radius 3 is 2.55 bits per heavy atom. The summed E-state index contributed by atoms with van der Waals surface area (Å²) >= 11 is 0. The highest BCUT2D eigenvalue weighted by molar-refractivity contribution is 6.04. The Labute approximate surface area is 166 Å². The molecule has 0 saturated carbocycles. The number of pyridine rings is 1. The second-order valence-electron chi connectivity index (χ2n) is 6.44. The minimum atomic E-state index is -0.544. The third kappa shape index (κ3) is 4.49. The van der Waals surface area contributed by atoms with Crippen LogP contribution < -0.4 is 15.6 Å². The number of non-ortho nitro benzene ring substituents is 1. The van der Waals surface area contributed by atoms with Gasteiger partial charge in [0.1, 0.15) is 11.3 Å². The number of carbonyl (C=O) groups excluding carboxylic acids is 1. The van der Waals surface area contributed by atoms with Gasteiger partial charge < -0.3 is 14.6 Å². The van der Waals surface area contributed by atoms with Crippen molar-refractivity contribution in [2.24, 2.45) is 0 Å². The van der Waals surface area contributed by atoms with E-state index in [1.54, 1.807) is 36.5 Å². The fourth-order valence-electron chi connectivity index (χ4n) is 2.86. The number of rotatable bonds is 6. The van der Waals surface area contributed by atoms with Gasteiger partial charge in [-0.2, -0.15) is 0 Å². The first kappa shape index (κ1) is 19.8. The predicted octanol–water partition coefficient (Wildman–Crippen LogP) is 3.37. The summed E-state index contributed by atoms with van der Waals surface area (Å²) in [5.41, 5.74) is 1.61. The van der Waals surface area contributed by atoms with Crippen LogP contribution in [0.3, 0.4) is 0 Å². The number of nitro benzene ring substituents is 1. The zero-order valence-corrected chi connectivity index (χ0v) is 15.9. The Morgan fingerprint density at radius 1 is 1.17 bits per heavy atom. The molecular weight excluding hydrogens is 374 g/mol. The molecular formula is C21H19N3O5. The number of anilines is 1. The molecule has 29 heavy (non-hydrogen) atoms. The number of hydrogen-bond acceptors (Lipinski definition) is 5. The molecule has 0 aliphatic carbocycles. The standard InChI is InChI=1S/C21H19N3O5/c1-14-5-10-19(29-2)18(12-14)22-20(25)17-4-3-11-23(21(17)26)13-15-6-8-16(9-7-15)24(27)28/h3-12H,13H2,1-2H3,(H,22,25). The maximum Gasteiger partial charge on any atom is 0.269 e. The Balaban J connectivity index is 1.85. The van der Waals surface area contributed by atoms with E-state index < -0.39 is 16.4 Å². The van der Waals surface area contributed by atoms with Crippen molar-refractivity contribution in [2.45, 2.75) is 13.5 Å². The van der Waals surface area contributed by atoms with Gasteiger partial charge in [0.2, 0.25) is 0 Å². The molecule has 0 unspecified atom stereocenters. The number of aromatic nitrogens is 1. The lowest BCUT2D eigenvalue weighted by Crippen LogP contribution is -2.29. The second kappa shape index (κ2) is 8.39. The fourth-order valence-corrected chi connectivity index (χ4v) is 2.86. The van der Waals surface area contributed by atoms with E-state index in [0.717, 1.165) is 5.56 Å². The summed E-state index contributed by atoms with van der Waals surface area (Å²) in [5, 5.41) is 13.5. The van der Waals surface area contributed by atoms with Crippen molar-refractivity contribution in [1.29, 1.82) is 0 Å². The normalized spacial score (nSPS) is 10.4. The minimum absolute atomic E-state index is 0.0158. The van der Waals surface area contributed by atoms with E-state index in [9.17, 15) is 19.7 Å². The van der Waals surface area contributed by atoms with Crippen molar-refractivity contribution in [1.82, 2.24) is 4.57 Å². The number of amides is 1. The maximum atomic E-state index is 12.8. The molecule has 0 saturated heterocycles. The number of nitrogens with one attached hydrogen (secondary N) is 1. The van der Waals surface area contributed by atoms with Crippen LogP contribution in [0.5, 0.6) is 5.75 Å². The molecule has 0 fully saturated rings. The zero-order chi connectivity index (χ0) is 21.0. The molecule has 3 aromatic rings. The average Bonchev–Trinajstić information content (AvgIpc) is 2.70. The van der Waals surface area contributed by atoms with Gasteiger partial charge in [0.25, 0.3) is 17.2 Å². The van der Waals surface area contributed by atoms with Crippen molar-refractivity contribution in [3.05, 3.63) is 98.0 Å². The molecule has 1 N–H and O–H groups in total. The van der Waals surface area contributed by atoms with E-state index in [1.165, 1.54) is 29.9 Å². The zero-order valence-electron chi connectivity index (χ0n) is 15.9. The van der Waals surface area contributed by atoms with Crippen LogP contribution in [0.2, 0.25) is 0 Å². The van der Waals surface area contributed by atoms with E-state index in [0.29, 0.717) is 17.0 Å².